The standard InChI is InChI=1S/C29H28N4O4S/c1-4-37-24-13-9-8-12-22(24)30-25(34)18-38-29-31-26-21-16-20(36-3)14-15-23(21)32(2)27(26)28(35)33(29)17-19-10-6-5-7-11-19/h5-16H,4,17-18H2,1-3H3,(H,30,34). The molecule has 2 heterocycles. The molecule has 5 aromatic rings. The van der Waals surface area contributed by atoms with Crippen molar-refractivity contribution >= 4 is 45.3 Å². The van der Waals surface area contributed by atoms with Crippen molar-refractivity contribution in [1.82, 2.24) is 14.1 Å². The topological polar surface area (TPSA) is 87.4 Å². The van der Waals surface area contributed by atoms with E-state index in [1.807, 2.05) is 85.3 Å². The molecule has 0 aliphatic carbocycles. The van der Waals surface area contributed by atoms with E-state index in [1.54, 1.807) is 17.7 Å². The van der Waals surface area contributed by atoms with Crippen LogP contribution in [-0.4, -0.2) is 39.5 Å². The summed E-state index contributed by atoms with van der Waals surface area (Å²) < 4.78 is 14.5. The summed E-state index contributed by atoms with van der Waals surface area (Å²) in [7, 11) is 3.47. The summed E-state index contributed by atoms with van der Waals surface area (Å²) in [5.41, 5.74) is 3.37. The van der Waals surface area contributed by atoms with E-state index in [9.17, 15) is 9.59 Å². The van der Waals surface area contributed by atoms with E-state index in [-0.39, 0.29) is 17.2 Å². The van der Waals surface area contributed by atoms with Gasteiger partial charge in [-0.05, 0) is 42.8 Å². The summed E-state index contributed by atoms with van der Waals surface area (Å²) >= 11 is 1.23. The van der Waals surface area contributed by atoms with Crippen LogP contribution in [0.3, 0.4) is 0 Å². The molecule has 0 saturated carbocycles. The van der Waals surface area contributed by atoms with E-state index in [0.29, 0.717) is 46.5 Å². The lowest BCUT2D eigenvalue weighted by Gasteiger charge is -2.14. The second-order valence-electron chi connectivity index (χ2n) is 8.68. The first kappa shape index (κ1) is 25.4. The molecule has 8 nitrogen and oxygen atoms in total. The molecule has 0 fully saturated rings. The van der Waals surface area contributed by atoms with Crippen molar-refractivity contribution in [2.75, 3.05) is 24.8 Å². The summed E-state index contributed by atoms with van der Waals surface area (Å²) in [5.74, 6) is 1.14. The maximum Gasteiger partial charge on any atom is 0.279 e. The predicted octanol–water partition coefficient (Wildman–Crippen LogP) is 5.07. The molecule has 1 amide bonds. The lowest BCUT2D eigenvalue weighted by Crippen LogP contribution is -2.26. The fourth-order valence-corrected chi connectivity index (χ4v) is 5.23. The Balaban J connectivity index is 1.54. The largest absolute Gasteiger partial charge is 0.497 e. The molecule has 0 aliphatic rings. The molecular formula is C29H28N4O4S. The number of aryl methyl sites for hydroxylation is 1. The van der Waals surface area contributed by atoms with E-state index < -0.39 is 0 Å². The molecule has 38 heavy (non-hydrogen) atoms. The molecule has 0 aliphatic heterocycles. The number of hydrogen-bond acceptors (Lipinski definition) is 6. The van der Waals surface area contributed by atoms with Gasteiger partial charge in [-0.2, -0.15) is 0 Å². The second kappa shape index (κ2) is 11.0. The zero-order valence-electron chi connectivity index (χ0n) is 21.4. The zero-order valence-corrected chi connectivity index (χ0v) is 22.2. The van der Waals surface area contributed by atoms with Crippen molar-refractivity contribution in [2.45, 2.75) is 18.6 Å². The third kappa shape index (κ3) is 4.97. The van der Waals surface area contributed by atoms with Crippen LogP contribution < -0.4 is 20.3 Å². The highest BCUT2D eigenvalue weighted by Gasteiger charge is 2.20. The van der Waals surface area contributed by atoms with Crippen LogP contribution in [-0.2, 0) is 18.4 Å². The molecule has 3 aromatic carbocycles. The van der Waals surface area contributed by atoms with Crippen LogP contribution in [0.5, 0.6) is 11.5 Å². The number of carbonyl (C=O) groups is 1. The number of para-hydroxylation sites is 2. The van der Waals surface area contributed by atoms with Gasteiger partial charge in [0.25, 0.3) is 5.56 Å². The van der Waals surface area contributed by atoms with Crippen LogP contribution in [0.1, 0.15) is 12.5 Å². The molecule has 2 aromatic heterocycles. The maximum atomic E-state index is 13.9. The van der Waals surface area contributed by atoms with Crippen molar-refractivity contribution in [3.8, 4) is 11.5 Å². The highest BCUT2D eigenvalue weighted by molar-refractivity contribution is 7.99. The Morgan fingerprint density at radius 1 is 1.05 bits per heavy atom. The lowest BCUT2D eigenvalue weighted by molar-refractivity contribution is -0.113. The van der Waals surface area contributed by atoms with Crippen molar-refractivity contribution in [2.24, 2.45) is 7.05 Å². The molecule has 0 bridgehead atoms. The number of thioether (sulfide) groups is 1. The van der Waals surface area contributed by atoms with Gasteiger partial charge in [-0.3, -0.25) is 14.2 Å². The number of fused-ring (bicyclic) bond motifs is 3. The number of hydrogen-bond donors (Lipinski definition) is 1. The number of nitrogens with one attached hydrogen (secondary N) is 1. The molecular weight excluding hydrogens is 500 g/mol. The SMILES string of the molecule is CCOc1ccccc1NC(=O)CSc1nc2c3cc(OC)ccc3n(C)c2c(=O)n1Cc1ccccc1. The van der Waals surface area contributed by atoms with Gasteiger partial charge in [0.2, 0.25) is 5.91 Å². The Labute approximate surface area is 224 Å². The van der Waals surface area contributed by atoms with Gasteiger partial charge in [-0.25, -0.2) is 4.98 Å². The van der Waals surface area contributed by atoms with E-state index in [4.69, 9.17) is 14.5 Å². The molecule has 0 unspecified atom stereocenters. The van der Waals surface area contributed by atoms with Gasteiger partial charge in [-0.15, -0.1) is 0 Å². The third-order valence-corrected chi connectivity index (χ3v) is 7.22. The first-order chi connectivity index (χ1) is 18.5. The molecule has 0 spiro atoms. The summed E-state index contributed by atoms with van der Waals surface area (Å²) in [6.45, 7) is 2.73. The van der Waals surface area contributed by atoms with Gasteiger partial charge in [0, 0.05) is 12.4 Å². The number of amides is 1. The van der Waals surface area contributed by atoms with Crippen LogP contribution in [0.15, 0.2) is 82.7 Å². The number of rotatable bonds is 9. The lowest BCUT2D eigenvalue weighted by atomic mass is 10.2. The maximum absolute atomic E-state index is 13.9. The minimum absolute atomic E-state index is 0.0707. The van der Waals surface area contributed by atoms with E-state index in [1.165, 1.54) is 11.8 Å². The van der Waals surface area contributed by atoms with Gasteiger partial charge in [0.15, 0.2) is 5.16 Å². The molecule has 9 heteroatoms. The number of nitrogens with zero attached hydrogens (tertiary/aromatic N) is 3. The third-order valence-electron chi connectivity index (χ3n) is 6.24. The van der Waals surface area contributed by atoms with E-state index in [0.717, 1.165) is 16.5 Å². The van der Waals surface area contributed by atoms with Gasteiger partial charge in [0.1, 0.15) is 22.5 Å². The number of aromatic nitrogens is 3. The molecule has 0 radical (unpaired) electrons. The summed E-state index contributed by atoms with van der Waals surface area (Å²) in [6, 6.07) is 22.7. The number of benzene rings is 3. The zero-order chi connectivity index (χ0) is 26.6. The molecule has 0 atom stereocenters. The van der Waals surface area contributed by atoms with Crippen LogP contribution >= 0.6 is 11.8 Å². The van der Waals surface area contributed by atoms with Gasteiger partial charge < -0.3 is 19.4 Å². The number of ether oxygens (including phenoxy) is 2. The Morgan fingerprint density at radius 2 is 1.82 bits per heavy atom. The van der Waals surface area contributed by atoms with Crippen LogP contribution in [0.25, 0.3) is 21.9 Å². The predicted molar refractivity (Wildman–Crippen MR) is 152 cm³/mol. The molecule has 5 rings (SSSR count). The number of carbonyl (C=O) groups excluding carboxylic acids is 1. The summed E-state index contributed by atoms with van der Waals surface area (Å²) in [4.78, 5) is 31.8. The van der Waals surface area contributed by atoms with Crippen molar-refractivity contribution in [3.05, 3.63) is 88.7 Å². The quantitative estimate of drug-likeness (QED) is 0.212. The Hall–Kier alpha value is -4.24. The van der Waals surface area contributed by atoms with E-state index in [2.05, 4.69) is 5.32 Å². The average molecular weight is 529 g/mol. The minimum atomic E-state index is -0.220. The van der Waals surface area contributed by atoms with Crippen molar-refractivity contribution in [3.63, 3.8) is 0 Å². The summed E-state index contributed by atoms with van der Waals surface area (Å²) in [5, 5.41) is 4.20. The minimum Gasteiger partial charge on any atom is -0.497 e. The van der Waals surface area contributed by atoms with Crippen LogP contribution in [0.4, 0.5) is 5.69 Å². The van der Waals surface area contributed by atoms with Crippen molar-refractivity contribution < 1.29 is 14.3 Å². The van der Waals surface area contributed by atoms with Gasteiger partial charge >= 0.3 is 0 Å². The van der Waals surface area contributed by atoms with Crippen molar-refractivity contribution in [1.29, 1.82) is 0 Å². The normalized spacial score (nSPS) is 11.1. The first-order valence-corrected chi connectivity index (χ1v) is 13.2. The molecule has 1 N–H and O–H groups in total. The Kier molecular flexibility index (Phi) is 7.37. The molecule has 194 valence electrons. The van der Waals surface area contributed by atoms with Gasteiger partial charge in [-0.1, -0.05) is 54.2 Å². The van der Waals surface area contributed by atoms with E-state index >= 15 is 0 Å². The van der Waals surface area contributed by atoms with Crippen LogP contribution in [0, 0.1) is 0 Å². The monoisotopic (exact) mass is 528 g/mol. The highest BCUT2D eigenvalue weighted by Crippen LogP contribution is 2.30. The number of anilines is 1. The fraction of sp³-hybridized carbons (Fsp3) is 0.207. The smallest absolute Gasteiger partial charge is 0.279 e. The highest BCUT2D eigenvalue weighted by atomic mass is 32.2. The molecule has 0 saturated heterocycles. The first-order valence-electron chi connectivity index (χ1n) is 12.3. The Morgan fingerprint density at radius 3 is 2.58 bits per heavy atom. The Bertz CT molecular complexity index is 1680. The number of methoxy groups -OCH3 is 1. The van der Waals surface area contributed by atoms with Gasteiger partial charge in [0.05, 0.1) is 37.2 Å². The second-order valence-corrected chi connectivity index (χ2v) is 9.62. The fourth-order valence-electron chi connectivity index (χ4n) is 4.44. The summed E-state index contributed by atoms with van der Waals surface area (Å²) in [6.07, 6.45) is 0. The average Bonchev–Trinajstić information content (AvgIpc) is 3.22. The van der Waals surface area contributed by atoms with Crippen LogP contribution in [0.2, 0.25) is 0 Å².